The monoisotopic (exact) mass is 362 g/mol. The Balaban J connectivity index is 1.97. The first-order chi connectivity index (χ1) is 12.2. The maximum atomic E-state index is 12.8. The Morgan fingerprint density at radius 2 is 1.92 bits per heavy atom. The molecule has 0 saturated carbocycles. The molecule has 146 valence electrons. The smallest absolute Gasteiger partial charge is 0.256 e. The largest absolute Gasteiger partial charge is 0.396 e. The van der Waals surface area contributed by atoms with E-state index in [1.807, 2.05) is 13.8 Å². The number of amides is 1. The Hall–Kier alpha value is -1.43. The van der Waals surface area contributed by atoms with Gasteiger partial charge in [0.05, 0.1) is 0 Å². The minimum atomic E-state index is -1.36. The highest BCUT2D eigenvalue weighted by atomic mass is 16.3. The van der Waals surface area contributed by atoms with Crippen molar-refractivity contribution in [1.29, 1.82) is 0 Å². The maximum absolute atomic E-state index is 12.8. The van der Waals surface area contributed by atoms with Crippen LogP contribution in [0.3, 0.4) is 0 Å². The normalized spacial score (nSPS) is 21.5. The highest BCUT2D eigenvalue weighted by Crippen LogP contribution is 2.25. The number of hydrogen-bond donors (Lipinski definition) is 3. The van der Waals surface area contributed by atoms with Gasteiger partial charge in [-0.15, -0.1) is 0 Å². The lowest BCUT2D eigenvalue weighted by Gasteiger charge is -2.39. The number of aliphatic hydroxyl groups excluding tert-OH is 1. The van der Waals surface area contributed by atoms with Crippen molar-refractivity contribution < 1.29 is 15.0 Å². The molecule has 0 aliphatic carbocycles. The number of piperidine rings is 1. The summed E-state index contributed by atoms with van der Waals surface area (Å²) in [6, 6.07) is 8.36. The third-order valence-corrected chi connectivity index (χ3v) is 5.17. The van der Waals surface area contributed by atoms with Crippen molar-refractivity contribution >= 4 is 5.91 Å². The molecule has 1 fully saturated rings. The topological polar surface area (TPSA) is 72.8 Å². The number of rotatable bonds is 8. The third-order valence-electron chi connectivity index (χ3n) is 5.17. The lowest BCUT2D eigenvalue weighted by Crippen LogP contribution is -2.58. The second-order valence-corrected chi connectivity index (χ2v) is 8.68. The van der Waals surface area contributed by atoms with Crippen LogP contribution in [-0.2, 0) is 11.3 Å². The zero-order chi connectivity index (χ0) is 19.4. The maximum Gasteiger partial charge on any atom is 0.256 e. The summed E-state index contributed by atoms with van der Waals surface area (Å²) in [5.41, 5.74) is 0.736. The molecule has 1 aromatic rings. The average molecular weight is 363 g/mol. The van der Waals surface area contributed by atoms with E-state index in [0.29, 0.717) is 32.0 Å². The average Bonchev–Trinajstić information content (AvgIpc) is 2.59. The molecule has 5 heteroatoms. The fourth-order valence-corrected chi connectivity index (χ4v) is 3.27. The van der Waals surface area contributed by atoms with Gasteiger partial charge in [-0.1, -0.05) is 52.0 Å². The van der Waals surface area contributed by atoms with Gasteiger partial charge in [-0.2, -0.15) is 0 Å². The van der Waals surface area contributed by atoms with Crippen LogP contribution in [0.5, 0.6) is 0 Å². The van der Waals surface area contributed by atoms with Crippen molar-refractivity contribution in [3.8, 4) is 0 Å². The fraction of sp³-hybridized carbons (Fsp3) is 0.667. The van der Waals surface area contributed by atoms with E-state index >= 15 is 0 Å². The molecule has 0 spiro atoms. The molecule has 1 aromatic carbocycles. The van der Waals surface area contributed by atoms with Crippen LogP contribution in [0.25, 0.3) is 0 Å². The van der Waals surface area contributed by atoms with Crippen molar-refractivity contribution in [1.82, 2.24) is 10.2 Å². The van der Waals surface area contributed by atoms with Gasteiger partial charge in [0.15, 0.2) is 5.60 Å². The van der Waals surface area contributed by atoms with Crippen LogP contribution in [-0.4, -0.2) is 52.9 Å². The molecule has 26 heavy (non-hydrogen) atoms. The van der Waals surface area contributed by atoms with Gasteiger partial charge >= 0.3 is 0 Å². The summed E-state index contributed by atoms with van der Waals surface area (Å²) in [7, 11) is 0. The first-order valence-corrected chi connectivity index (χ1v) is 9.59. The van der Waals surface area contributed by atoms with Crippen molar-refractivity contribution in [3.63, 3.8) is 0 Å². The van der Waals surface area contributed by atoms with Crippen LogP contribution < -0.4 is 5.32 Å². The number of nitrogens with zero attached hydrogens (tertiary/aromatic N) is 1. The van der Waals surface area contributed by atoms with Gasteiger partial charge in [-0.3, -0.25) is 4.79 Å². The highest BCUT2D eigenvalue weighted by Gasteiger charge is 2.42. The van der Waals surface area contributed by atoms with Crippen LogP contribution in [0.1, 0.15) is 57.6 Å². The predicted octanol–water partition coefficient (Wildman–Crippen LogP) is 2.27. The summed E-state index contributed by atoms with van der Waals surface area (Å²) < 4.78 is 0. The molecular weight excluding hydrogens is 328 g/mol. The Morgan fingerprint density at radius 1 is 1.27 bits per heavy atom. The molecule has 0 aromatic heterocycles. The van der Waals surface area contributed by atoms with Gasteiger partial charge in [0.25, 0.3) is 5.91 Å². The van der Waals surface area contributed by atoms with Crippen LogP contribution in [0.4, 0.5) is 0 Å². The summed E-state index contributed by atoms with van der Waals surface area (Å²) in [4.78, 5) is 14.6. The van der Waals surface area contributed by atoms with Crippen LogP contribution in [0.15, 0.2) is 24.3 Å². The second-order valence-electron chi connectivity index (χ2n) is 8.68. The number of carbonyl (C=O) groups excluding carboxylic acids is 1. The van der Waals surface area contributed by atoms with Crippen LogP contribution in [0.2, 0.25) is 0 Å². The first kappa shape index (κ1) is 20.9. The summed E-state index contributed by atoms with van der Waals surface area (Å²) in [6.45, 7) is 10.2. The summed E-state index contributed by atoms with van der Waals surface area (Å²) in [5.74, 6) is 0.283. The van der Waals surface area contributed by atoms with Crippen molar-refractivity contribution in [2.24, 2.45) is 5.41 Å². The van der Waals surface area contributed by atoms with Crippen molar-refractivity contribution in [3.05, 3.63) is 35.4 Å². The fourth-order valence-electron chi connectivity index (χ4n) is 3.27. The van der Waals surface area contributed by atoms with Crippen molar-refractivity contribution in [2.75, 3.05) is 26.2 Å². The van der Waals surface area contributed by atoms with Gasteiger partial charge in [-0.25, -0.2) is 0 Å². The van der Waals surface area contributed by atoms with Crippen LogP contribution in [0, 0.1) is 5.41 Å². The Morgan fingerprint density at radius 3 is 2.50 bits per heavy atom. The Kier molecular flexibility index (Phi) is 6.83. The molecule has 0 bridgehead atoms. The summed E-state index contributed by atoms with van der Waals surface area (Å²) in [6.07, 6.45) is 1.26. The number of nitrogens with one attached hydrogen (secondary N) is 1. The number of benzene rings is 1. The van der Waals surface area contributed by atoms with E-state index in [1.54, 1.807) is 4.90 Å². The Bertz CT molecular complexity index is 598. The number of carbonyl (C=O) groups is 1. The molecule has 1 aliphatic rings. The molecule has 1 saturated heterocycles. The standard InChI is InChI=1S/C21H34N2O3/c1-16(2)18-8-6-17(7-9-18)12-23-11-5-10-21(26,19(23)25)14-22-13-20(3,4)15-24/h6-9,16,22,24,26H,5,10-15H2,1-4H3/t21-/m0/s1. The lowest BCUT2D eigenvalue weighted by molar-refractivity contribution is -0.157. The summed E-state index contributed by atoms with van der Waals surface area (Å²) >= 11 is 0. The quantitative estimate of drug-likeness (QED) is 0.663. The molecule has 1 atom stereocenters. The molecule has 2 rings (SSSR count). The van der Waals surface area contributed by atoms with E-state index in [1.165, 1.54) is 5.56 Å². The van der Waals surface area contributed by atoms with Crippen LogP contribution >= 0.6 is 0 Å². The lowest BCUT2D eigenvalue weighted by atomic mass is 9.90. The van der Waals surface area contributed by atoms with E-state index in [2.05, 4.69) is 43.4 Å². The number of hydrogen-bond acceptors (Lipinski definition) is 4. The number of likely N-dealkylation sites (tertiary alicyclic amines) is 1. The van der Waals surface area contributed by atoms with Gasteiger partial charge in [0, 0.05) is 38.2 Å². The van der Waals surface area contributed by atoms with Gasteiger partial charge in [0.2, 0.25) is 0 Å². The SMILES string of the molecule is CC(C)c1ccc(CN2CCC[C@](O)(CNCC(C)(C)CO)C2=O)cc1. The molecule has 5 nitrogen and oxygen atoms in total. The third kappa shape index (κ3) is 5.29. The zero-order valence-corrected chi connectivity index (χ0v) is 16.6. The van der Waals surface area contributed by atoms with Crippen molar-refractivity contribution in [2.45, 2.75) is 58.6 Å². The van der Waals surface area contributed by atoms with E-state index < -0.39 is 5.60 Å². The predicted molar refractivity (Wildman–Crippen MR) is 104 cm³/mol. The summed E-state index contributed by atoms with van der Waals surface area (Å²) in [5, 5.41) is 23.4. The second kappa shape index (κ2) is 8.51. The first-order valence-electron chi connectivity index (χ1n) is 9.59. The molecule has 1 heterocycles. The van der Waals surface area contributed by atoms with E-state index in [0.717, 1.165) is 12.0 Å². The highest BCUT2D eigenvalue weighted by molar-refractivity contribution is 5.86. The molecule has 0 radical (unpaired) electrons. The molecule has 1 amide bonds. The zero-order valence-electron chi connectivity index (χ0n) is 16.6. The van der Waals surface area contributed by atoms with E-state index in [9.17, 15) is 15.0 Å². The van der Waals surface area contributed by atoms with Gasteiger partial charge < -0.3 is 20.4 Å². The minimum absolute atomic E-state index is 0.0604. The minimum Gasteiger partial charge on any atom is -0.396 e. The molecule has 1 aliphatic heterocycles. The van der Waals surface area contributed by atoms with E-state index in [-0.39, 0.29) is 24.5 Å². The van der Waals surface area contributed by atoms with Gasteiger partial charge in [-0.05, 0) is 29.9 Å². The number of aliphatic hydroxyl groups is 2. The molecule has 0 unspecified atom stereocenters. The Labute approximate surface area is 157 Å². The molecule has 3 N–H and O–H groups in total. The van der Waals surface area contributed by atoms with Gasteiger partial charge in [0.1, 0.15) is 0 Å². The van der Waals surface area contributed by atoms with E-state index in [4.69, 9.17) is 0 Å². The molecular formula is C21H34N2O3.